The van der Waals surface area contributed by atoms with Crippen molar-refractivity contribution in [2.24, 2.45) is 5.92 Å². The summed E-state index contributed by atoms with van der Waals surface area (Å²) in [7, 11) is 0. The van der Waals surface area contributed by atoms with Crippen LogP contribution in [0.25, 0.3) is 0 Å². The van der Waals surface area contributed by atoms with E-state index < -0.39 is 18.0 Å². The summed E-state index contributed by atoms with van der Waals surface area (Å²) in [4.78, 5) is 25.8. The van der Waals surface area contributed by atoms with Gasteiger partial charge in [0.2, 0.25) is 0 Å². The number of likely N-dealkylation sites (tertiary alicyclic amines) is 2. The number of hydrogen-bond acceptors (Lipinski definition) is 3. The molecule has 2 N–H and O–H groups in total. The topological polar surface area (TPSA) is 81.1 Å². The van der Waals surface area contributed by atoms with Gasteiger partial charge >= 0.3 is 12.0 Å². The van der Waals surface area contributed by atoms with Gasteiger partial charge in [0.25, 0.3) is 0 Å². The van der Waals surface area contributed by atoms with Gasteiger partial charge in [-0.3, -0.25) is 4.79 Å². The molecule has 0 aliphatic carbocycles. The molecular formula is C10H16N2O4. The Bertz CT molecular complexity index is 307. The molecule has 0 aromatic rings. The normalized spacial score (nSPS) is 29.8. The lowest BCUT2D eigenvalue weighted by Crippen LogP contribution is -2.41. The Balaban J connectivity index is 1.89. The molecule has 2 heterocycles. The Hall–Kier alpha value is -1.30. The van der Waals surface area contributed by atoms with Gasteiger partial charge in [0, 0.05) is 26.2 Å². The molecule has 0 aromatic carbocycles. The third-order valence-corrected chi connectivity index (χ3v) is 3.24. The molecule has 2 rings (SSSR count). The lowest BCUT2D eigenvalue weighted by Gasteiger charge is -2.23. The zero-order valence-electron chi connectivity index (χ0n) is 9.00. The molecule has 0 bridgehead atoms. The summed E-state index contributed by atoms with van der Waals surface area (Å²) in [5, 5.41) is 18.2. The summed E-state index contributed by atoms with van der Waals surface area (Å²) < 4.78 is 0. The number of amides is 2. The number of β-amino-alcohol motifs (C(OH)–C–C–N with tert-alkyl or cyclic N) is 1. The van der Waals surface area contributed by atoms with Crippen molar-refractivity contribution in [3.05, 3.63) is 0 Å². The Morgan fingerprint density at radius 1 is 1.06 bits per heavy atom. The standard InChI is InChI=1S/C10H16N2O4/c13-8-2-4-12(6-8)10(16)11-3-1-7(5-11)9(14)15/h7-8,13H,1-6H2,(H,14,15). The number of carbonyl (C=O) groups excluding carboxylic acids is 1. The van der Waals surface area contributed by atoms with Crippen molar-refractivity contribution in [1.82, 2.24) is 9.80 Å². The Morgan fingerprint density at radius 2 is 1.69 bits per heavy atom. The Morgan fingerprint density at radius 3 is 2.19 bits per heavy atom. The summed E-state index contributed by atoms with van der Waals surface area (Å²) in [6.07, 6.45) is 0.709. The van der Waals surface area contributed by atoms with Gasteiger partial charge in [0.1, 0.15) is 0 Å². The second-order valence-corrected chi connectivity index (χ2v) is 4.44. The van der Waals surface area contributed by atoms with Gasteiger partial charge in [-0.15, -0.1) is 0 Å². The van der Waals surface area contributed by atoms with Gasteiger partial charge < -0.3 is 20.0 Å². The van der Waals surface area contributed by atoms with E-state index in [0.29, 0.717) is 39.0 Å². The van der Waals surface area contributed by atoms with Crippen LogP contribution in [0.15, 0.2) is 0 Å². The number of aliphatic hydroxyl groups excluding tert-OH is 1. The van der Waals surface area contributed by atoms with Crippen LogP contribution >= 0.6 is 0 Å². The second kappa shape index (κ2) is 4.29. The van der Waals surface area contributed by atoms with E-state index in [1.54, 1.807) is 9.80 Å². The van der Waals surface area contributed by atoms with Crippen LogP contribution in [0.2, 0.25) is 0 Å². The minimum Gasteiger partial charge on any atom is -0.481 e. The van der Waals surface area contributed by atoms with Crippen molar-refractivity contribution >= 4 is 12.0 Å². The number of nitrogens with zero attached hydrogens (tertiary/aromatic N) is 2. The van der Waals surface area contributed by atoms with E-state index >= 15 is 0 Å². The number of urea groups is 1. The number of carboxylic acids is 1. The summed E-state index contributed by atoms with van der Waals surface area (Å²) in [6, 6.07) is -0.139. The van der Waals surface area contributed by atoms with Crippen LogP contribution < -0.4 is 0 Å². The van der Waals surface area contributed by atoms with E-state index in [1.807, 2.05) is 0 Å². The van der Waals surface area contributed by atoms with E-state index in [9.17, 15) is 14.7 Å². The zero-order valence-corrected chi connectivity index (χ0v) is 9.00. The van der Waals surface area contributed by atoms with Crippen LogP contribution in [0.5, 0.6) is 0 Å². The molecule has 2 unspecified atom stereocenters. The third kappa shape index (κ3) is 2.11. The molecule has 0 saturated carbocycles. The fraction of sp³-hybridized carbons (Fsp3) is 0.800. The van der Waals surface area contributed by atoms with Crippen molar-refractivity contribution in [2.75, 3.05) is 26.2 Å². The van der Waals surface area contributed by atoms with Crippen molar-refractivity contribution < 1.29 is 19.8 Å². The first-order chi connectivity index (χ1) is 7.58. The van der Waals surface area contributed by atoms with Gasteiger partial charge in [-0.25, -0.2) is 4.79 Å². The van der Waals surface area contributed by atoms with Crippen molar-refractivity contribution in [1.29, 1.82) is 0 Å². The monoisotopic (exact) mass is 228 g/mol. The number of rotatable bonds is 1. The number of aliphatic hydroxyl groups is 1. The molecule has 90 valence electrons. The van der Waals surface area contributed by atoms with Crippen LogP contribution in [0.3, 0.4) is 0 Å². The molecule has 2 atom stereocenters. The lowest BCUT2D eigenvalue weighted by atomic mass is 10.1. The highest BCUT2D eigenvalue weighted by molar-refractivity contribution is 5.77. The molecule has 2 fully saturated rings. The Labute approximate surface area is 93.4 Å². The summed E-state index contributed by atoms with van der Waals surface area (Å²) in [5.41, 5.74) is 0. The molecule has 0 aromatic heterocycles. The van der Waals surface area contributed by atoms with Crippen molar-refractivity contribution in [2.45, 2.75) is 18.9 Å². The minimum atomic E-state index is -0.836. The molecule has 2 aliphatic rings. The highest BCUT2D eigenvalue weighted by Gasteiger charge is 2.35. The van der Waals surface area contributed by atoms with E-state index in [4.69, 9.17) is 5.11 Å². The number of carboxylic acid groups (broad SMARTS) is 1. The highest BCUT2D eigenvalue weighted by Crippen LogP contribution is 2.20. The van der Waals surface area contributed by atoms with Crippen LogP contribution in [-0.4, -0.2) is 64.3 Å². The average molecular weight is 228 g/mol. The molecule has 6 heteroatoms. The van der Waals surface area contributed by atoms with Crippen LogP contribution in [-0.2, 0) is 4.79 Å². The van der Waals surface area contributed by atoms with Gasteiger partial charge in [-0.05, 0) is 12.8 Å². The van der Waals surface area contributed by atoms with Gasteiger partial charge in [0.05, 0.1) is 12.0 Å². The van der Waals surface area contributed by atoms with Gasteiger partial charge in [-0.2, -0.15) is 0 Å². The lowest BCUT2D eigenvalue weighted by molar-refractivity contribution is -0.141. The first kappa shape index (κ1) is 11.2. The fourth-order valence-electron chi connectivity index (χ4n) is 2.25. The molecular weight excluding hydrogens is 212 g/mol. The molecule has 0 spiro atoms. The van der Waals surface area contributed by atoms with Crippen LogP contribution in [0.4, 0.5) is 4.79 Å². The van der Waals surface area contributed by atoms with Gasteiger partial charge in [-0.1, -0.05) is 0 Å². The number of carbonyl (C=O) groups is 2. The van der Waals surface area contributed by atoms with Crippen LogP contribution in [0, 0.1) is 5.92 Å². The maximum Gasteiger partial charge on any atom is 0.320 e. The summed E-state index contributed by atoms with van der Waals surface area (Å²) in [6.45, 7) is 1.73. The molecule has 2 aliphatic heterocycles. The summed E-state index contributed by atoms with van der Waals surface area (Å²) in [5.74, 6) is -1.27. The first-order valence-electron chi connectivity index (χ1n) is 5.52. The first-order valence-corrected chi connectivity index (χ1v) is 5.52. The molecule has 0 radical (unpaired) electrons. The predicted molar refractivity (Wildman–Crippen MR) is 54.9 cm³/mol. The maximum atomic E-state index is 11.9. The Kier molecular flexibility index (Phi) is 3.00. The number of hydrogen-bond donors (Lipinski definition) is 2. The second-order valence-electron chi connectivity index (χ2n) is 4.44. The van der Waals surface area contributed by atoms with E-state index in [-0.39, 0.29) is 6.03 Å². The van der Waals surface area contributed by atoms with Crippen molar-refractivity contribution in [3.63, 3.8) is 0 Å². The average Bonchev–Trinajstić information content (AvgIpc) is 2.84. The maximum absolute atomic E-state index is 11.9. The quantitative estimate of drug-likeness (QED) is 0.638. The van der Waals surface area contributed by atoms with E-state index in [0.717, 1.165) is 0 Å². The smallest absolute Gasteiger partial charge is 0.320 e. The molecule has 2 saturated heterocycles. The van der Waals surface area contributed by atoms with E-state index in [2.05, 4.69) is 0 Å². The van der Waals surface area contributed by atoms with E-state index in [1.165, 1.54) is 0 Å². The summed E-state index contributed by atoms with van der Waals surface area (Å²) >= 11 is 0. The third-order valence-electron chi connectivity index (χ3n) is 3.24. The highest BCUT2D eigenvalue weighted by atomic mass is 16.4. The van der Waals surface area contributed by atoms with Crippen molar-refractivity contribution in [3.8, 4) is 0 Å². The van der Waals surface area contributed by atoms with Crippen LogP contribution in [0.1, 0.15) is 12.8 Å². The largest absolute Gasteiger partial charge is 0.481 e. The minimum absolute atomic E-state index is 0.139. The fourth-order valence-corrected chi connectivity index (χ4v) is 2.25. The zero-order chi connectivity index (χ0) is 11.7. The molecule has 6 nitrogen and oxygen atoms in total. The number of aliphatic carboxylic acids is 1. The molecule has 16 heavy (non-hydrogen) atoms. The van der Waals surface area contributed by atoms with Gasteiger partial charge in [0.15, 0.2) is 0 Å². The predicted octanol–water partition coefficient (Wildman–Crippen LogP) is -0.421. The SMILES string of the molecule is O=C(O)C1CCN(C(=O)N2CCC(O)C2)C1. The molecule has 2 amide bonds.